The van der Waals surface area contributed by atoms with Gasteiger partial charge in [0.15, 0.2) is 17.3 Å². The molecule has 1 aromatic carbocycles. The number of benzene rings is 1. The lowest BCUT2D eigenvalue weighted by molar-refractivity contribution is -0.133. The minimum absolute atomic E-state index is 0.158. The predicted molar refractivity (Wildman–Crippen MR) is 108 cm³/mol. The van der Waals surface area contributed by atoms with E-state index in [1.807, 2.05) is 19.1 Å². The number of hydrogen-bond acceptors (Lipinski definition) is 8. The van der Waals surface area contributed by atoms with Gasteiger partial charge in [-0.15, -0.1) is 10.2 Å². The van der Waals surface area contributed by atoms with Crippen LogP contribution in [0.15, 0.2) is 45.2 Å². The van der Waals surface area contributed by atoms with Crippen molar-refractivity contribution in [2.75, 3.05) is 19.5 Å². The van der Waals surface area contributed by atoms with Crippen molar-refractivity contribution in [3.05, 3.63) is 41.9 Å². The fourth-order valence-electron chi connectivity index (χ4n) is 2.54. The van der Waals surface area contributed by atoms with Crippen LogP contribution in [0.1, 0.15) is 18.2 Å². The SMILES string of the molecule is CCOc1cc(/C=N\n2c(SCC(=O)O)nnc2-c2ccoc2C)ccc1OC. The van der Waals surface area contributed by atoms with Crippen molar-refractivity contribution < 1.29 is 23.8 Å². The highest BCUT2D eigenvalue weighted by Gasteiger charge is 2.18. The summed E-state index contributed by atoms with van der Waals surface area (Å²) in [5.74, 6) is 1.24. The number of ether oxygens (including phenoxy) is 2. The number of hydrogen-bond donors (Lipinski definition) is 1. The van der Waals surface area contributed by atoms with Crippen LogP contribution in [0.3, 0.4) is 0 Å². The second-order valence-electron chi connectivity index (χ2n) is 5.78. The van der Waals surface area contributed by atoms with Gasteiger partial charge in [-0.2, -0.15) is 9.78 Å². The van der Waals surface area contributed by atoms with Crippen LogP contribution in [-0.2, 0) is 4.79 Å². The summed E-state index contributed by atoms with van der Waals surface area (Å²) in [4.78, 5) is 11.0. The molecule has 0 aliphatic carbocycles. The van der Waals surface area contributed by atoms with Crippen LogP contribution >= 0.6 is 11.8 Å². The summed E-state index contributed by atoms with van der Waals surface area (Å²) in [6.45, 7) is 4.20. The summed E-state index contributed by atoms with van der Waals surface area (Å²) >= 11 is 1.03. The van der Waals surface area contributed by atoms with Gasteiger partial charge in [-0.1, -0.05) is 11.8 Å². The molecular formula is C19H20N4O5S. The minimum Gasteiger partial charge on any atom is -0.493 e. The Balaban J connectivity index is 1.98. The molecule has 0 bridgehead atoms. The Morgan fingerprint density at radius 1 is 1.34 bits per heavy atom. The first-order valence-electron chi connectivity index (χ1n) is 8.73. The number of aryl methyl sites for hydroxylation is 1. The molecule has 0 unspecified atom stereocenters. The Labute approximate surface area is 171 Å². The lowest BCUT2D eigenvalue weighted by atomic mass is 10.2. The van der Waals surface area contributed by atoms with Crippen LogP contribution in [-0.4, -0.2) is 51.6 Å². The Hall–Kier alpha value is -3.27. The van der Waals surface area contributed by atoms with Gasteiger partial charge >= 0.3 is 5.97 Å². The quantitative estimate of drug-likeness (QED) is 0.418. The van der Waals surface area contributed by atoms with Crippen LogP contribution in [0, 0.1) is 6.92 Å². The highest BCUT2D eigenvalue weighted by atomic mass is 32.2. The number of furan rings is 1. The number of thioether (sulfide) groups is 1. The number of carboxylic acids is 1. The van der Waals surface area contributed by atoms with Crippen molar-refractivity contribution >= 4 is 23.9 Å². The zero-order chi connectivity index (χ0) is 20.8. The summed E-state index contributed by atoms with van der Waals surface area (Å²) in [7, 11) is 1.58. The maximum absolute atomic E-state index is 11.0. The summed E-state index contributed by atoms with van der Waals surface area (Å²) in [6, 6.07) is 7.20. The third-order valence-corrected chi connectivity index (χ3v) is 4.75. The van der Waals surface area contributed by atoms with E-state index in [2.05, 4.69) is 15.3 Å². The van der Waals surface area contributed by atoms with E-state index in [4.69, 9.17) is 19.0 Å². The van der Waals surface area contributed by atoms with Gasteiger partial charge in [-0.3, -0.25) is 4.79 Å². The van der Waals surface area contributed by atoms with Gasteiger partial charge in [0.05, 0.1) is 37.5 Å². The van der Waals surface area contributed by atoms with Gasteiger partial charge in [0.1, 0.15) is 5.76 Å². The molecule has 3 rings (SSSR count). The standard InChI is InChI=1S/C19H20N4O5S/c1-4-27-16-9-13(5-6-15(16)26-3)10-20-23-18(14-7-8-28-12(14)2)21-22-19(23)29-11-17(24)25/h5-10H,4,11H2,1-3H3,(H,24,25)/b20-10-. The first-order chi connectivity index (χ1) is 14.0. The van der Waals surface area contributed by atoms with Crippen molar-refractivity contribution in [1.82, 2.24) is 14.9 Å². The van der Waals surface area contributed by atoms with E-state index in [0.717, 1.165) is 22.9 Å². The van der Waals surface area contributed by atoms with E-state index < -0.39 is 5.97 Å². The number of nitrogens with zero attached hydrogens (tertiary/aromatic N) is 4. The van der Waals surface area contributed by atoms with Crippen LogP contribution in [0.25, 0.3) is 11.4 Å². The smallest absolute Gasteiger partial charge is 0.313 e. The molecule has 0 saturated heterocycles. The van der Waals surface area contributed by atoms with Crippen molar-refractivity contribution in [3.63, 3.8) is 0 Å². The lowest BCUT2D eigenvalue weighted by Crippen LogP contribution is -2.02. The highest BCUT2D eigenvalue weighted by molar-refractivity contribution is 7.99. The lowest BCUT2D eigenvalue weighted by Gasteiger charge is -2.09. The van der Waals surface area contributed by atoms with Crippen molar-refractivity contribution in [2.45, 2.75) is 19.0 Å². The minimum atomic E-state index is -0.953. The Morgan fingerprint density at radius 2 is 2.17 bits per heavy atom. The molecule has 1 N–H and O–H groups in total. The molecule has 3 aromatic rings. The summed E-state index contributed by atoms with van der Waals surface area (Å²) in [6.07, 6.45) is 3.17. The molecule has 2 heterocycles. The summed E-state index contributed by atoms with van der Waals surface area (Å²) in [5.41, 5.74) is 1.49. The number of methoxy groups -OCH3 is 1. The molecular weight excluding hydrogens is 396 g/mol. The number of aromatic nitrogens is 3. The summed E-state index contributed by atoms with van der Waals surface area (Å²) < 4.78 is 17.7. The molecule has 9 nitrogen and oxygen atoms in total. The Bertz CT molecular complexity index is 1030. The molecule has 2 aromatic heterocycles. The van der Waals surface area contributed by atoms with E-state index >= 15 is 0 Å². The molecule has 0 fully saturated rings. The van der Waals surface area contributed by atoms with Crippen LogP contribution in [0.4, 0.5) is 0 Å². The molecule has 0 aliphatic rings. The fraction of sp³-hybridized carbons (Fsp3) is 0.263. The van der Waals surface area contributed by atoms with Crippen molar-refractivity contribution in [2.24, 2.45) is 5.10 Å². The molecule has 0 aliphatic heterocycles. The largest absolute Gasteiger partial charge is 0.493 e. The molecule has 10 heteroatoms. The Morgan fingerprint density at radius 3 is 2.83 bits per heavy atom. The molecule has 0 spiro atoms. The van der Waals surface area contributed by atoms with Crippen LogP contribution in [0.2, 0.25) is 0 Å². The number of aliphatic carboxylic acids is 1. The number of carbonyl (C=O) groups is 1. The zero-order valence-electron chi connectivity index (χ0n) is 16.2. The van der Waals surface area contributed by atoms with E-state index in [1.54, 1.807) is 38.6 Å². The Kier molecular flexibility index (Phi) is 6.55. The van der Waals surface area contributed by atoms with Gasteiger partial charge in [-0.05, 0) is 43.7 Å². The first-order valence-corrected chi connectivity index (χ1v) is 9.71. The van der Waals surface area contributed by atoms with Crippen LogP contribution < -0.4 is 9.47 Å². The van der Waals surface area contributed by atoms with Gasteiger partial charge in [-0.25, -0.2) is 0 Å². The zero-order valence-corrected chi connectivity index (χ0v) is 17.0. The van der Waals surface area contributed by atoms with E-state index in [1.165, 1.54) is 4.68 Å². The van der Waals surface area contributed by atoms with Crippen LogP contribution in [0.5, 0.6) is 11.5 Å². The van der Waals surface area contributed by atoms with Gasteiger partial charge in [0, 0.05) is 0 Å². The summed E-state index contributed by atoms with van der Waals surface area (Å²) in [5, 5.41) is 22.1. The molecule has 0 radical (unpaired) electrons. The van der Waals surface area contributed by atoms with Gasteiger partial charge in [0.25, 0.3) is 0 Å². The molecule has 29 heavy (non-hydrogen) atoms. The molecule has 0 amide bonds. The average molecular weight is 416 g/mol. The second kappa shape index (κ2) is 9.28. The van der Waals surface area contributed by atoms with Crippen molar-refractivity contribution in [1.29, 1.82) is 0 Å². The average Bonchev–Trinajstić information content (AvgIpc) is 3.30. The predicted octanol–water partition coefficient (Wildman–Crippen LogP) is 3.31. The molecule has 152 valence electrons. The van der Waals surface area contributed by atoms with E-state index in [0.29, 0.717) is 34.8 Å². The number of carboxylic acid groups (broad SMARTS) is 1. The normalized spacial score (nSPS) is 11.1. The van der Waals surface area contributed by atoms with Crippen molar-refractivity contribution in [3.8, 4) is 22.9 Å². The maximum Gasteiger partial charge on any atom is 0.313 e. The topological polar surface area (TPSA) is 112 Å². The highest BCUT2D eigenvalue weighted by Crippen LogP contribution is 2.29. The molecule has 0 atom stereocenters. The first kappa shape index (κ1) is 20.5. The maximum atomic E-state index is 11.0. The number of rotatable bonds is 9. The monoisotopic (exact) mass is 416 g/mol. The fourth-order valence-corrected chi connectivity index (χ4v) is 3.14. The third-order valence-electron chi connectivity index (χ3n) is 3.85. The van der Waals surface area contributed by atoms with E-state index in [-0.39, 0.29) is 5.75 Å². The van der Waals surface area contributed by atoms with E-state index in [9.17, 15) is 4.79 Å². The van der Waals surface area contributed by atoms with Gasteiger partial charge < -0.3 is 19.0 Å². The van der Waals surface area contributed by atoms with Gasteiger partial charge in [0.2, 0.25) is 5.16 Å². The third kappa shape index (κ3) is 4.77. The second-order valence-corrected chi connectivity index (χ2v) is 6.72. The molecule has 0 saturated carbocycles.